The Balaban J connectivity index is 2.05. The van der Waals surface area contributed by atoms with Crippen LogP contribution in [0.2, 0.25) is 0 Å². The quantitative estimate of drug-likeness (QED) is 0.120. The molecule has 13 nitrogen and oxygen atoms in total. The number of carbonyl (C=O) groups is 4. The van der Waals surface area contributed by atoms with Crippen LogP contribution in [-0.2, 0) is 28.7 Å². The first-order valence-electron chi connectivity index (χ1n) is 18.5. The summed E-state index contributed by atoms with van der Waals surface area (Å²) in [6.07, 6.45) is 6.00. The lowest BCUT2D eigenvalue weighted by atomic mass is 9.85. The highest BCUT2D eigenvalue weighted by Crippen LogP contribution is 2.29. The van der Waals surface area contributed by atoms with Crippen LogP contribution in [0.25, 0.3) is 0 Å². The summed E-state index contributed by atoms with van der Waals surface area (Å²) >= 11 is 0. The number of hydrogen-bond donors (Lipinski definition) is 5. The molecule has 0 bridgehead atoms. The van der Waals surface area contributed by atoms with E-state index in [1.807, 2.05) is 25.7 Å². The van der Waals surface area contributed by atoms with Crippen LogP contribution in [0.3, 0.4) is 0 Å². The first kappa shape index (κ1) is 42.8. The summed E-state index contributed by atoms with van der Waals surface area (Å²) in [6, 6.07) is -1.35. The molecule has 0 saturated carbocycles. The third kappa shape index (κ3) is 12.7. The Morgan fingerprint density at radius 2 is 1.67 bits per heavy atom. The fourth-order valence-corrected chi connectivity index (χ4v) is 7.62. The molecule has 2 aliphatic rings. The zero-order valence-electron chi connectivity index (χ0n) is 31.8. The van der Waals surface area contributed by atoms with Crippen molar-refractivity contribution in [1.29, 1.82) is 0 Å². The maximum absolute atomic E-state index is 13.9. The Hall–Kier alpha value is -2.32. The average Bonchev–Trinajstić information content (AvgIpc) is 3.56. The highest BCUT2D eigenvalue weighted by Gasteiger charge is 2.41. The van der Waals surface area contributed by atoms with Crippen molar-refractivity contribution in [3.8, 4) is 0 Å². The summed E-state index contributed by atoms with van der Waals surface area (Å²) in [6.45, 7) is 11.7. The molecular formula is C36H68N6O7. The summed E-state index contributed by atoms with van der Waals surface area (Å²) in [4.78, 5) is 56.8. The van der Waals surface area contributed by atoms with Crippen LogP contribution >= 0.6 is 0 Å². The molecule has 0 aromatic heterocycles. The molecule has 9 atom stereocenters. The van der Waals surface area contributed by atoms with Crippen LogP contribution in [0.5, 0.6) is 0 Å². The second-order valence-corrected chi connectivity index (χ2v) is 14.7. The molecule has 284 valence electrons. The number of nitrogens with one attached hydrogen (secondary N) is 4. The van der Waals surface area contributed by atoms with Gasteiger partial charge in [0.1, 0.15) is 6.04 Å². The monoisotopic (exact) mass is 697 g/mol. The minimum Gasteiger partial charge on any atom is -0.394 e. The highest BCUT2D eigenvalue weighted by molar-refractivity contribution is 5.90. The van der Waals surface area contributed by atoms with Gasteiger partial charge in [-0.3, -0.25) is 24.1 Å². The van der Waals surface area contributed by atoms with Gasteiger partial charge in [0.05, 0.1) is 43.2 Å². The molecule has 2 fully saturated rings. The molecule has 13 heteroatoms. The molecule has 49 heavy (non-hydrogen) atoms. The van der Waals surface area contributed by atoms with E-state index in [0.717, 1.165) is 38.6 Å². The van der Waals surface area contributed by atoms with Crippen LogP contribution in [0.4, 0.5) is 0 Å². The van der Waals surface area contributed by atoms with Crippen molar-refractivity contribution < 1.29 is 33.8 Å². The molecule has 2 saturated heterocycles. The minimum atomic E-state index is -1.10. The van der Waals surface area contributed by atoms with E-state index in [0.29, 0.717) is 19.1 Å². The van der Waals surface area contributed by atoms with Crippen LogP contribution in [0, 0.1) is 23.7 Å². The van der Waals surface area contributed by atoms with Crippen LogP contribution < -0.4 is 21.3 Å². The number of likely N-dealkylation sites (N-methyl/N-ethyl adjacent to an activating group) is 1. The van der Waals surface area contributed by atoms with Gasteiger partial charge in [0.25, 0.3) is 0 Å². The van der Waals surface area contributed by atoms with Gasteiger partial charge in [-0.15, -0.1) is 0 Å². The molecule has 0 unspecified atom stereocenters. The van der Waals surface area contributed by atoms with Crippen LogP contribution in [0.1, 0.15) is 86.0 Å². The Morgan fingerprint density at radius 1 is 0.959 bits per heavy atom. The van der Waals surface area contributed by atoms with Crippen LogP contribution in [0.15, 0.2) is 0 Å². The highest BCUT2D eigenvalue weighted by atomic mass is 16.5. The number of piperidine rings is 1. The number of aliphatic hydroxyl groups excluding tert-OH is 1. The number of rotatable bonds is 21. The lowest BCUT2D eigenvalue weighted by molar-refractivity contribution is -0.142. The fraction of sp³-hybridized carbons (Fsp3) is 0.889. The molecule has 5 N–H and O–H groups in total. The Labute approximate surface area is 295 Å². The molecule has 4 amide bonds. The van der Waals surface area contributed by atoms with E-state index in [1.165, 1.54) is 12.8 Å². The maximum Gasteiger partial charge on any atom is 0.244 e. The van der Waals surface area contributed by atoms with Crippen molar-refractivity contribution in [3.05, 3.63) is 0 Å². The van der Waals surface area contributed by atoms with Crippen LogP contribution in [-0.4, -0.2) is 136 Å². The van der Waals surface area contributed by atoms with Gasteiger partial charge in [-0.05, 0) is 64.6 Å². The first-order valence-corrected chi connectivity index (χ1v) is 18.5. The van der Waals surface area contributed by atoms with Crippen molar-refractivity contribution in [2.45, 2.75) is 122 Å². The first-order chi connectivity index (χ1) is 23.3. The van der Waals surface area contributed by atoms with Gasteiger partial charge in [-0.1, -0.05) is 47.5 Å². The third-order valence-electron chi connectivity index (χ3n) is 10.7. The van der Waals surface area contributed by atoms with Gasteiger partial charge in [-0.2, -0.15) is 0 Å². The van der Waals surface area contributed by atoms with E-state index in [9.17, 15) is 24.3 Å². The minimum absolute atomic E-state index is 0.00986. The lowest BCUT2D eigenvalue weighted by Crippen LogP contribution is -2.56. The van der Waals surface area contributed by atoms with Gasteiger partial charge in [-0.25, -0.2) is 0 Å². The van der Waals surface area contributed by atoms with Gasteiger partial charge in [0.15, 0.2) is 0 Å². The molecule has 0 aliphatic carbocycles. The fourth-order valence-electron chi connectivity index (χ4n) is 7.62. The van der Waals surface area contributed by atoms with E-state index in [-0.39, 0.29) is 54.5 Å². The largest absolute Gasteiger partial charge is 0.394 e. The predicted molar refractivity (Wildman–Crippen MR) is 191 cm³/mol. The number of carbonyl (C=O) groups excluding carboxylic acids is 4. The number of likely N-dealkylation sites (tertiary alicyclic amines) is 1. The van der Waals surface area contributed by atoms with Crippen molar-refractivity contribution >= 4 is 23.6 Å². The SMILES string of the molecule is CC[C@@H](C)[C@H](CNC(=O)[C@H](CO)NC(=O)[C@H](C(C)C)N(C)C)[C@@H](CC(=O)N1CCC[C@H]1[C@H](OC)[C@@H](C)C(=O)NCC[C@H]1CCCCN1)OC. The van der Waals surface area contributed by atoms with E-state index < -0.39 is 42.7 Å². The van der Waals surface area contributed by atoms with E-state index in [4.69, 9.17) is 9.47 Å². The number of methoxy groups -OCH3 is 2. The number of hydrogen-bond acceptors (Lipinski definition) is 9. The molecule has 0 aromatic carbocycles. The summed E-state index contributed by atoms with van der Waals surface area (Å²) in [5.74, 6) is -1.48. The average molecular weight is 697 g/mol. The predicted octanol–water partition coefficient (Wildman–Crippen LogP) is 1.52. The molecule has 2 rings (SSSR count). The molecule has 2 aliphatic heterocycles. The van der Waals surface area contributed by atoms with Crippen molar-refractivity contribution in [2.75, 3.05) is 61.1 Å². The molecule has 2 heterocycles. The van der Waals surface area contributed by atoms with Crippen molar-refractivity contribution in [2.24, 2.45) is 23.7 Å². The van der Waals surface area contributed by atoms with Gasteiger partial charge >= 0.3 is 0 Å². The smallest absolute Gasteiger partial charge is 0.244 e. The van der Waals surface area contributed by atoms with E-state index >= 15 is 0 Å². The lowest BCUT2D eigenvalue weighted by Gasteiger charge is -2.36. The van der Waals surface area contributed by atoms with Crippen molar-refractivity contribution in [3.63, 3.8) is 0 Å². The Kier molecular flexibility index (Phi) is 19.1. The second kappa shape index (κ2) is 21.8. The van der Waals surface area contributed by atoms with E-state index in [2.05, 4.69) is 35.1 Å². The molecule has 0 radical (unpaired) electrons. The second-order valence-electron chi connectivity index (χ2n) is 14.7. The zero-order valence-corrected chi connectivity index (χ0v) is 31.8. The standard InChI is InChI=1S/C36H68N6O7/c1-10-24(4)27(21-39-35(46)28(22-43)40-36(47)32(23(2)3)41(6)7)30(48-8)20-31(44)42-19-13-15-29(42)33(49-9)25(5)34(45)38-18-16-26-14-11-12-17-37-26/h23-30,32-33,37,43H,10-22H2,1-9H3,(H,38,45)(H,39,46)(H,40,47)/t24-,25-,26-,27+,28+,29+,30-,32+,33-/m1/s1. The Bertz CT molecular complexity index is 1020. The zero-order chi connectivity index (χ0) is 36.7. The number of aliphatic hydroxyl groups is 1. The molecule has 0 aromatic rings. The Morgan fingerprint density at radius 3 is 2.22 bits per heavy atom. The topological polar surface area (TPSA) is 162 Å². The van der Waals surface area contributed by atoms with Gasteiger partial charge in [0, 0.05) is 45.8 Å². The summed E-state index contributed by atoms with van der Waals surface area (Å²) in [5.41, 5.74) is 0. The summed E-state index contributed by atoms with van der Waals surface area (Å²) in [5, 5.41) is 22.2. The summed E-state index contributed by atoms with van der Waals surface area (Å²) < 4.78 is 11.8. The third-order valence-corrected chi connectivity index (χ3v) is 10.7. The summed E-state index contributed by atoms with van der Waals surface area (Å²) in [7, 11) is 6.78. The number of nitrogens with zero attached hydrogens (tertiary/aromatic N) is 2. The van der Waals surface area contributed by atoms with Crippen molar-refractivity contribution in [1.82, 2.24) is 31.1 Å². The van der Waals surface area contributed by atoms with Gasteiger partial charge < -0.3 is 40.7 Å². The van der Waals surface area contributed by atoms with Gasteiger partial charge in [0.2, 0.25) is 23.6 Å². The normalized spacial score (nSPS) is 22.6. The maximum atomic E-state index is 13.9. The molecule has 0 spiro atoms. The molecular weight excluding hydrogens is 628 g/mol. The number of amides is 4. The number of ether oxygens (including phenoxy) is 2. The van der Waals surface area contributed by atoms with E-state index in [1.54, 1.807) is 33.2 Å².